The second-order valence-corrected chi connectivity index (χ2v) is 4.95. The lowest BCUT2D eigenvalue weighted by atomic mass is 10.0. The molecule has 0 fully saturated rings. The van der Waals surface area contributed by atoms with Crippen LogP contribution in [0.3, 0.4) is 0 Å². The van der Waals surface area contributed by atoms with Gasteiger partial charge < -0.3 is 5.32 Å². The molecule has 20 heavy (non-hydrogen) atoms. The fourth-order valence-electron chi connectivity index (χ4n) is 1.56. The zero-order valence-corrected chi connectivity index (χ0v) is 11.6. The van der Waals surface area contributed by atoms with E-state index in [9.17, 15) is 22.4 Å². The summed E-state index contributed by atoms with van der Waals surface area (Å²) in [6.45, 7) is 3.58. The number of nitrogens with one attached hydrogen (secondary N) is 1. The summed E-state index contributed by atoms with van der Waals surface area (Å²) in [4.78, 5) is 11.8. The van der Waals surface area contributed by atoms with Crippen molar-refractivity contribution in [3.63, 3.8) is 0 Å². The summed E-state index contributed by atoms with van der Waals surface area (Å²) in [5.41, 5.74) is -2.10. The average molecular weight is 312 g/mol. The van der Waals surface area contributed by atoms with E-state index >= 15 is 0 Å². The van der Waals surface area contributed by atoms with Gasteiger partial charge in [-0.3, -0.25) is 4.79 Å². The second-order valence-electron chi connectivity index (χ2n) is 4.64. The first-order valence-electron chi connectivity index (χ1n) is 5.91. The van der Waals surface area contributed by atoms with E-state index in [1.807, 2.05) is 0 Å². The Hall–Kier alpha value is -1.30. The van der Waals surface area contributed by atoms with Gasteiger partial charge in [-0.2, -0.15) is 13.2 Å². The Labute approximate surface area is 119 Å². The highest BCUT2D eigenvalue weighted by molar-refractivity contribution is 6.18. The fraction of sp³-hybridized carbons (Fsp3) is 0.462. The van der Waals surface area contributed by atoms with Crippen molar-refractivity contribution >= 4 is 17.5 Å². The average Bonchev–Trinajstić information content (AvgIpc) is 2.34. The molecule has 0 aromatic heterocycles. The number of halogens is 5. The van der Waals surface area contributed by atoms with Crippen molar-refractivity contribution in [1.82, 2.24) is 5.32 Å². The van der Waals surface area contributed by atoms with E-state index < -0.39 is 35.1 Å². The molecule has 2 nitrogen and oxygen atoms in total. The summed E-state index contributed by atoms with van der Waals surface area (Å²) in [7, 11) is 0. The lowest BCUT2D eigenvalue weighted by Crippen LogP contribution is -2.40. The summed E-state index contributed by atoms with van der Waals surface area (Å²) in [5, 5.41) is 2.42. The van der Waals surface area contributed by atoms with Crippen molar-refractivity contribution in [2.45, 2.75) is 26.1 Å². The Morgan fingerprint density at radius 2 is 1.95 bits per heavy atom. The van der Waals surface area contributed by atoms with Gasteiger partial charge >= 0.3 is 6.18 Å². The van der Waals surface area contributed by atoms with Gasteiger partial charge in [-0.25, -0.2) is 4.39 Å². The van der Waals surface area contributed by atoms with E-state index in [4.69, 9.17) is 11.6 Å². The SMILES string of the molecule is CC(C)C(CCl)NC(=O)c1cccc(C(F)(F)F)c1F. The molecule has 0 aliphatic carbocycles. The smallest absolute Gasteiger partial charge is 0.348 e. The van der Waals surface area contributed by atoms with Gasteiger partial charge in [0.05, 0.1) is 11.1 Å². The topological polar surface area (TPSA) is 29.1 Å². The van der Waals surface area contributed by atoms with Gasteiger partial charge in [0, 0.05) is 11.9 Å². The maximum atomic E-state index is 13.8. The molecule has 112 valence electrons. The van der Waals surface area contributed by atoms with Crippen LogP contribution in [-0.4, -0.2) is 17.8 Å². The molecule has 1 aromatic rings. The minimum Gasteiger partial charge on any atom is -0.348 e. The van der Waals surface area contributed by atoms with Crippen LogP contribution in [0.4, 0.5) is 17.6 Å². The second kappa shape index (κ2) is 6.43. The molecule has 0 heterocycles. The molecular weight excluding hydrogens is 298 g/mol. The van der Waals surface area contributed by atoms with Crippen LogP contribution in [0.5, 0.6) is 0 Å². The highest BCUT2D eigenvalue weighted by Crippen LogP contribution is 2.32. The Bertz CT molecular complexity index is 488. The summed E-state index contributed by atoms with van der Waals surface area (Å²) in [6.07, 6.45) is -4.84. The number of carbonyl (C=O) groups excluding carboxylic acids is 1. The van der Waals surface area contributed by atoms with Crippen LogP contribution in [0.2, 0.25) is 0 Å². The van der Waals surface area contributed by atoms with Gasteiger partial charge in [0.2, 0.25) is 0 Å². The predicted octanol–water partition coefficient (Wildman–Crippen LogP) is 3.84. The Morgan fingerprint density at radius 1 is 1.35 bits per heavy atom. The van der Waals surface area contributed by atoms with Gasteiger partial charge in [-0.05, 0) is 18.1 Å². The van der Waals surface area contributed by atoms with Crippen molar-refractivity contribution in [1.29, 1.82) is 0 Å². The summed E-state index contributed by atoms with van der Waals surface area (Å²) in [5.74, 6) is -2.42. The molecule has 0 radical (unpaired) electrons. The molecule has 0 spiro atoms. The number of hydrogen-bond acceptors (Lipinski definition) is 1. The third-order valence-electron chi connectivity index (χ3n) is 2.84. The van der Waals surface area contributed by atoms with Crippen molar-refractivity contribution in [3.8, 4) is 0 Å². The first kappa shape index (κ1) is 16.8. The highest BCUT2D eigenvalue weighted by atomic mass is 35.5. The number of benzene rings is 1. The zero-order valence-electron chi connectivity index (χ0n) is 10.9. The minimum atomic E-state index is -4.84. The summed E-state index contributed by atoms with van der Waals surface area (Å²) >= 11 is 5.65. The number of hydrogen-bond donors (Lipinski definition) is 1. The molecule has 1 unspecified atom stereocenters. The van der Waals surface area contributed by atoms with Crippen LogP contribution < -0.4 is 5.32 Å². The molecule has 1 atom stereocenters. The van der Waals surface area contributed by atoms with E-state index in [-0.39, 0.29) is 11.8 Å². The van der Waals surface area contributed by atoms with Crippen LogP contribution >= 0.6 is 11.6 Å². The normalized spacial score (nSPS) is 13.4. The van der Waals surface area contributed by atoms with E-state index in [1.165, 1.54) is 0 Å². The Balaban J connectivity index is 3.06. The molecule has 0 saturated heterocycles. The van der Waals surface area contributed by atoms with Crippen molar-refractivity contribution < 1.29 is 22.4 Å². The van der Waals surface area contributed by atoms with Gasteiger partial charge in [0.25, 0.3) is 5.91 Å². The van der Waals surface area contributed by atoms with Crippen molar-refractivity contribution in [2.24, 2.45) is 5.92 Å². The van der Waals surface area contributed by atoms with Gasteiger partial charge in [-0.15, -0.1) is 11.6 Å². The van der Waals surface area contributed by atoms with Crippen molar-refractivity contribution in [2.75, 3.05) is 5.88 Å². The maximum Gasteiger partial charge on any atom is 0.419 e. The molecule has 0 aliphatic rings. The Kier molecular flexibility index (Phi) is 5.39. The largest absolute Gasteiger partial charge is 0.419 e. The summed E-state index contributed by atoms with van der Waals surface area (Å²) in [6, 6.07) is 2.14. The number of carbonyl (C=O) groups is 1. The van der Waals surface area contributed by atoms with Crippen molar-refractivity contribution in [3.05, 3.63) is 35.1 Å². The lowest BCUT2D eigenvalue weighted by molar-refractivity contribution is -0.140. The lowest BCUT2D eigenvalue weighted by Gasteiger charge is -2.20. The molecule has 1 amide bonds. The van der Waals surface area contributed by atoms with E-state index in [0.29, 0.717) is 6.07 Å². The molecule has 0 bridgehead atoms. The zero-order chi connectivity index (χ0) is 15.5. The molecule has 1 rings (SSSR count). The summed E-state index contributed by atoms with van der Waals surface area (Å²) < 4.78 is 51.4. The molecule has 1 aromatic carbocycles. The van der Waals surface area contributed by atoms with Crippen LogP contribution in [0.15, 0.2) is 18.2 Å². The maximum absolute atomic E-state index is 13.8. The number of rotatable bonds is 4. The first-order valence-corrected chi connectivity index (χ1v) is 6.44. The van der Waals surface area contributed by atoms with Gasteiger partial charge in [0.15, 0.2) is 0 Å². The molecule has 7 heteroatoms. The Morgan fingerprint density at radius 3 is 2.40 bits per heavy atom. The third-order valence-corrected chi connectivity index (χ3v) is 3.17. The highest BCUT2D eigenvalue weighted by Gasteiger charge is 2.35. The number of alkyl halides is 4. The monoisotopic (exact) mass is 311 g/mol. The van der Waals surface area contributed by atoms with E-state index in [1.54, 1.807) is 13.8 Å². The molecular formula is C13H14ClF4NO. The van der Waals surface area contributed by atoms with Gasteiger partial charge in [0.1, 0.15) is 5.82 Å². The standard InChI is InChI=1S/C13H14ClF4NO/c1-7(2)10(6-14)19-12(20)8-4-3-5-9(11(8)15)13(16,17)18/h3-5,7,10H,6H2,1-2H3,(H,19,20). The third kappa shape index (κ3) is 3.85. The minimum absolute atomic E-state index is 0.0229. The van der Waals surface area contributed by atoms with Crippen LogP contribution in [0.25, 0.3) is 0 Å². The predicted molar refractivity (Wildman–Crippen MR) is 68.2 cm³/mol. The first-order chi connectivity index (χ1) is 9.18. The number of amides is 1. The van der Waals surface area contributed by atoms with Crippen LogP contribution in [0, 0.1) is 11.7 Å². The molecule has 0 aliphatic heterocycles. The quantitative estimate of drug-likeness (QED) is 0.664. The fourth-order valence-corrected chi connectivity index (χ4v) is 1.99. The van der Waals surface area contributed by atoms with Gasteiger partial charge in [-0.1, -0.05) is 19.9 Å². The molecule has 1 N–H and O–H groups in total. The molecule has 0 saturated carbocycles. The van der Waals surface area contributed by atoms with E-state index in [2.05, 4.69) is 5.32 Å². The van der Waals surface area contributed by atoms with Crippen LogP contribution in [-0.2, 0) is 6.18 Å². The van der Waals surface area contributed by atoms with Crippen LogP contribution in [0.1, 0.15) is 29.8 Å². The van der Waals surface area contributed by atoms with E-state index in [0.717, 1.165) is 12.1 Å².